The van der Waals surface area contributed by atoms with Crippen LogP contribution in [-0.2, 0) is 17.8 Å². The molecule has 0 bridgehead atoms. The maximum absolute atomic E-state index is 11.0. The first-order valence-electron chi connectivity index (χ1n) is 10.6. The van der Waals surface area contributed by atoms with E-state index < -0.39 is 11.9 Å². The molecule has 31 heavy (non-hydrogen) atoms. The number of ether oxygens (including phenoxy) is 1. The van der Waals surface area contributed by atoms with Crippen LogP contribution in [0.4, 0.5) is 0 Å². The molecular weight excluding hydrogens is 414 g/mol. The number of halogens is 1. The molecule has 2 aromatic rings. The molecule has 1 aliphatic heterocycles. The van der Waals surface area contributed by atoms with Crippen molar-refractivity contribution < 1.29 is 14.6 Å². The Bertz CT molecular complexity index is 930. The van der Waals surface area contributed by atoms with E-state index in [1.165, 1.54) is 5.56 Å². The molecule has 4 atom stereocenters. The largest absolute Gasteiger partial charge is 0.492 e. The monoisotopic (exact) mass is 439 g/mol. The van der Waals surface area contributed by atoms with Gasteiger partial charge in [-0.2, -0.15) is 5.26 Å². The lowest BCUT2D eigenvalue weighted by atomic mass is 10.0. The fourth-order valence-electron chi connectivity index (χ4n) is 4.43. The highest BCUT2D eigenvalue weighted by atomic mass is 35.5. The molecule has 2 unspecified atom stereocenters. The summed E-state index contributed by atoms with van der Waals surface area (Å²) in [6.45, 7) is 4.63. The van der Waals surface area contributed by atoms with Gasteiger partial charge in [0.2, 0.25) is 0 Å². The minimum Gasteiger partial charge on any atom is -0.492 e. The van der Waals surface area contributed by atoms with E-state index in [-0.39, 0.29) is 6.42 Å². The second-order valence-electron chi connectivity index (χ2n) is 8.34. The summed E-state index contributed by atoms with van der Waals surface area (Å²) in [4.78, 5) is 13.5. The van der Waals surface area contributed by atoms with Crippen LogP contribution in [0, 0.1) is 29.1 Å². The fourth-order valence-corrected chi connectivity index (χ4v) is 4.56. The summed E-state index contributed by atoms with van der Waals surface area (Å²) < 4.78 is 5.78. The predicted molar refractivity (Wildman–Crippen MR) is 118 cm³/mol. The van der Waals surface area contributed by atoms with Gasteiger partial charge in [0.1, 0.15) is 18.3 Å². The number of piperidine rings is 1. The third-order valence-electron chi connectivity index (χ3n) is 6.16. The quantitative estimate of drug-likeness (QED) is 0.553. The summed E-state index contributed by atoms with van der Waals surface area (Å²) in [6, 6.07) is 17.8. The third-order valence-corrected chi connectivity index (χ3v) is 6.41. The van der Waals surface area contributed by atoms with Gasteiger partial charge < -0.3 is 15.2 Å². The Hall–Kier alpha value is -2.59. The number of hydrogen-bond donors (Lipinski definition) is 2. The first-order valence-corrected chi connectivity index (χ1v) is 11.0. The molecule has 0 amide bonds. The first kappa shape index (κ1) is 21.6. The Kier molecular flexibility index (Phi) is 6.77. The number of likely N-dealkylation sites (tertiary alicyclic amines) is 1. The highest BCUT2D eigenvalue weighted by Gasteiger charge is 2.55. The maximum Gasteiger partial charge on any atom is 0.321 e. The van der Waals surface area contributed by atoms with Gasteiger partial charge in [0.05, 0.1) is 6.07 Å². The van der Waals surface area contributed by atoms with E-state index >= 15 is 0 Å². The number of nitrogens with one attached hydrogen (secondary N) is 1. The zero-order valence-electron chi connectivity index (χ0n) is 17.2. The number of aliphatic carboxylic acids is 1. The number of nitrogens with zero attached hydrogens (tertiary/aromatic N) is 2. The Balaban J connectivity index is 1.12. The number of rotatable bonds is 10. The van der Waals surface area contributed by atoms with E-state index in [4.69, 9.17) is 26.7 Å². The van der Waals surface area contributed by atoms with Crippen LogP contribution in [0.25, 0.3) is 0 Å². The molecule has 162 valence electrons. The number of fused-ring (bicyclic) bond motifs is 1. The molecule has 0 aromatic heterocycles. The summed E-state index contributed by atoms with van der Waals surface area (Å²) in [6.07, 6.45) is 0.202. The van der Waals surface area contributed by atoms with Crippen LogP contribution < -0.4 is 10.1 Å². The van der Waals surface area contributed by atoms with Crippen LogP contribution in [0.2, 0.25) is 5.02 Å². The van der Waals surface area contributed by atoms with Crippen LogP contribution in [0.5, 0.6) is 5.75 Å². The van der Waals surface area contributed by atoms with Gasteiger partial charge in [-0.05, 0) is 53.6 Å². The lowest BCUT2D eigenvalue weighted by molar-refractivity contribution is -0.139. The fraction of sp³-hybridized carbons (Fsp3) is 0.417. The van der Waals surface area contributed by atoms with Crippen molar-refractivity contribution in [3.63, 3.8) is 0 Å². The number of carboxylic acid groups (broad SMARTS) is 1. The van der Waals surface area contributed by atoms with E-state index in [1.54, 1.807) is 0 Å². The van der Waals surface area contributed by atoms with Gasteiger partial charge in [-0.25, -0.2) is 0 Å². The molecule has 1 heterocycles. The summed E-state index contributed by atoms with van der Waals surface area (Å²) in [5.41, 5.74) is 2.12. The molecule has 2 aliphatic rings. The van der Waals surface area contributed by atoms with Crippen molar-refractivity contribution in [1.82, 2.24) is 10.2 Å². The lowest BCUT2D eigenvalue weighted by Crippen LogP contribution is -2.33. The molecule has 1 saturated heterocycles. The molecule has 2 N–H and O–H groups in total. The van der Waals surface area contributed by atoms with Crippen LogP contribution in [-0.4, -0.2) is 48.3 Å². The van der Waals surface area contributed by atoms with Crippen molar-refractivity contribution in [3.8, 4) is 11.8 Å². The average molecular weight is 440 g/mol. The van der Waals surface area contributed by atoms with Crippen molar-refractivity contribution >= 4 is 17.6 Å². The third kappa shape index (κ3) is 5.56. The Morgan fingerprint density at radius 2 is 1.81 bits per heavy atom. The molecule has 2 aromatic carbocycles. The zero-order valence-corrected chi connectivity index (χ0v) is 18.0. The normalized spacial score (nSPS) is 23.0. The van der Waals surface area contributed by atoms with Crippen molar-refractivity contribution in [1.29, 1.82) is 5.26 Å². The number of carboxylic acids is 1. The number of carbonyl (C=O) groups is 1. The summed E-state index contributed by atoms with van der Waals surface area (Å²) in [5.74, 6) is 0.102. The summed E-state index contributed by atoms with van der Waals surface area (Å²) >= 11 is 5.96. The average Bonchev–Trinajstić information content (AvgIpc) is 3.21. The molecule has 4 rings (SSSR count). The molecule has 1 aliphatic carbocycles. The minimum atomic E-state index is -1.09. The summed E-state index contributed by atoms with van der Waals surface area (Å²) in [7, 11) is 0. The molecule has 2 fully saturated rings. The minimum absolute atomic E-state index is 0.202. The molecule has 0 radical (unpaired) electrons. The van der Waals surface area contributed by atoms with Crippen molar-refractivity contribution in [2.24, 2.45) is 17.8 Å². The van der Waals surface area contributed by atoms with Gasteiger partial charge in [0, 0.05) is 37.2 Å². The Morgan fingerprint density at radius 3 is 2.42 bits per heavy atom. The SMILES string of the molecule is N#CC(Cc1ccc(OCCNC2[C@H]3CN(Cc4ccc(Cl)cc4)C[C@@H]23)cc1)C(=O)O. The van der Waals surface area contributed by atoms with Crippen LogP contribution in [0.1, 0.15) is 11.1 Å². The van der Waals surface area contributed by atoms with E-state index in [9.17, 15) is 4.79 Å². The molecule has 7 heteroatoms. The van der Waals surface area contributed by atoms with E-state index in [1.807, 2.05) is 42.5 Å². The van der Waals surface area contributed by atoms with E-state index in [2.05, 4.69) is 22.3 Å². The Morgan fingerprint density at radius 1 is 1.16 bits per heavy atom. The first-order chi connectivity index (χ1) is 15.0. The highest BCUT2D eigenvalue weighted by molar-refractivity contribution is 6.30. The number of nitriles is 1. The van der Waals surface area contributed by atoms with Gasteiger partial charge in [-0.15, -0.1) is 0 Å². The second kappa shape index (κ2) is 9.69. The van der Waals surface area contributed by atoms with Crippen molar-refractivity contribution in [3.05, 3.63) is 64.7 Å². The zero-order chi connectivity index (χ0) is 21.8. The number of hydrogen-bond acceptors (Lipinski definition) is 5. The molecule has 6 nitrogen and oxygen atoms in total. The smallest absolute Gasteiger partial charge is 0.321 e. The maximum atomic E-state index is 11.0. The van der Waals surface area contributed by atoms with Gasteiger partial charge in [-0.3, -0.25) is 9.69 Å². The number of benzene rings is 2. The molecule has 0 spiro atoms. The van der Waals surface area contributed by atoms with Gasteiger partial charge in [0.15, 0.2) is 0 Å². The van der Waals surface area contributed by atoms with Gasteiger partial charge >= 0.3 is 5.97 Å². The standard InChI is InChI=1S/C24H26ClN3O3/c25-19-5-1-17(2-6-19)13-28-14-21-22(15-28)23(21)27-9-10-31-20-7-3-16(4-8-20)11-18(12-26)24(29)30/h1-8,18,21-23,27H,9-11,13-15H2,(H,29,30)/t18?,21-,22+,23?. The van der Waals surface area contributed by atoms with Crippen molar-refractivity contribution in [2.45, 2.75) is 19.0 Å². The van der Waals surface area contributed by atoms with Crippen LogP contribution >= 0.6 is 11.6 Å². The lowest BCUT2D eigenvalue weighted by Gasteiger charge is -2.20. The molecular formula is C24H26ClN3O3. The second-order valence-corrected chi connectivity index (χ2v) is 8.78. The van der Waals surface area contributed by atoms with Crippen LogP contribution in [0.3, 0.4) is 0 Å². The van der Waals surface area contributed by atoms with E-state index in [0.29, 0.717) is 12.6 Å². The van der Waals surface area contributed by atoms with Gasteiger partial charge in [0.25, 0.3) is 0 Å². The predicted octanol–water partition coefficient (Wildman–Crippen LogP) is 3.21. The highest BCUT2D eigenvalue weighted by Crippen LogP contribution is 2.45. The van der Waals surface area contributed by atoms with E-state index in [0.717, 1.165) is 54.4 Å². The van der Waals surface area contributed by atoms with Crippen LogP contribution in [0.15, 0.2) is 48.5 Å². The Labute approximate surface area is 187 Å². The summed E-state index contributed by atoms with van der Waals surface area (Å²) in [5, 5.41) is 22.2. The molecule has 1 saturated carbocycles. The van der Waals surface area contributed by atoms with Gasteiger partial charge in [-0.1, -0.05) is 35.9 Å². The topological polar surface area (TPSA) is 85.6 Å². The van der Waals surface area contributed by atoms with Crippen molar-refractivity contribution in [2.75, 3.05) is 26.2 Å².